The molecule has 1 N–H and O–H groups in total. The van der Waals surface area contributed by atoms with Crippen LogP contribution in [0.3, 0.4) is 0 Å². The van der Waals surface area contributed by atoms with Gasteiger partial charge >= 0.3 is 5.97 Å². The summed E-state index contributed by atoms with van der Waals surface area (Å²) in [6.45, 7) is 9.80. The molecule has 0 aromatic rings. The fraction of sp³-hybridized carbons (Fsp3) is 0.857. The van der Waals surface area contributed by atoms with Crippen molar-refractivity contribution in [3.05, 3.63) is 0 Å². The Bertz CT molecular complexity index is 327. The zero-order valence-electron chi connectivity index (χ0n) is 12.5. The number of hydrogen-bond donors (Lipinski definition) is 1. The Morgan fingerprint density at radius 2 is 1.95 bits per heavy atom. The lowest BCUT2D eigenvalue weighted by Crippen LogP contribution is -2.50. The van der Waals surface area contributed by atoms with Gasteiger partial charge in [0, 0.05) is 6.61 Å². The SMILES string of the molecule is CC(C)[C@@H](NC(=O)[C@H]1CCCO1)C(=O)OC(C)(C)C. The molecule has 5 nitrogen and oxygen atoms in total. The molecule has 1 aliphatic rings. The fourth-order valence-corrected chi connectivity index (χ4v) is 1.89. The van der Waals surface area contributed by atoms with Crippen LogP contribution in [0.15, 0.2) is 0 Å². The molecule has 1 rings (SSSR count). The van der Waals surface area contributed by atoms with Gasteiger partial charge in [0.25, 0.3) is 0 Å². The van der Waals surface area contributed by atoms with E-state index in [0.29, 0.717) is 13.0 Å². The summed E-state index contributed by atoms with van der Waals surface area (Å²) in [5.41, 5.74) is -0.557. The Morgan fingerprint density at radius 1 is 1.32 bits per heavy atom. The average Bonchev–Trinajstić information content (AvgIpc) is 2.75. The minimum Gasteiger partial charge on any atom is -0.458 e. The van der Waals surface area contributed by atoms with Crippen LogP contribution in [0.25, 0.3) is 0 Å². The first-order chi connectivity index (χ1) is 8.70. The summed E-state index contributed by atoms with van der Waals surface area (Å²) in [4.78, 5) is 24.1. The van der Waals surface area contributed by atoms with E-state index >= 15 is 0 Å². The molecule has 19 heavy (non-hydrogen) atoms. The van der Waals surface area contributed by atoms with Crippen LogP contribution in [0.2, 0.25) is 0 Å². The number of carbonyl (C=O) groups excluding carboxylic acids is 2. The zero-order chi connectivity index (χ0) is 14.6. The van der Waals surface area contributed by atoms with E-state index in [1.807, 2.05) is 34.6 Å². The Morgan fingerprint density at radius 3 is 2.37 bits per heavy atom. The summed E-state index contributed by atoms with van der Waals surface area (Å²) >= 11 is 0. The molecular weight excluding hydrogens is 246 g/mol. The molecule has 110 valence electrons. The van der Waals surface area contributed by atoms with E-state index in [0.717, 1.165) is 6.42 Å². The molecular formula is C14H25NO4. The highest BCUT2D eigenvalue weighted by Crippen LogP contribution is 2.15. The molecule has 0 unspecified atom stereocenters. The van der Waals surface area contributed by atoms with Crippen LogP contribution < -0.4 is 5.32 Å². The Hall–Kier alpha value is -1.10. The zero-order valence-corrected chi connectivity index (χ0v) is 12.5. The third kappa shape index (κ3) is 5.19. The maximum atomic E-state index is 12.1. The molecule has 1 saturated heterocycles. The molecule has 1 fully saturated rings. The molecule has 0 radical (unpaired) electrons. The molecule has 0 aromatic heterocycles. The number of rotatable bonds is 4. The molecule has 0 aliphatic carbocycles. The lowest BCUT2D eigenvalue weighted by molar-refractivity contribution is -0.160. The van der Waals surface area contributed by atoms with Crippen molar-refractivity contribution >= 4 is 11.9 Å². The van der Waals surface area contributed by atoms with Crippen LogP contribution in [0.1, 0.15) is 47.5 Å². The third-order valence-electron chi connectivity index (χ3n) is 2.85. The van der Waals surface area contributed by atoms with E-state index in [2.05, 4.69) is 5.32 Å². The van der Waals surface area contributed by atoms with Gasteiger partial charge in [0.1, 0.15) is 17.7 Å². The highest BCUT2D eigenvalue weighted by molar-refractivity contribution is 5.87. The van der Waals surface area contributed by atoms with Crippen molar-refractivity contribution < 1.29 is 19.1 Å². The number of carbonyl (C=O) groups is 2. The number of amides is 1. The second-order valence-corrected chi connectivity index (χ2v) is 6.27. The topological polar surface area (TPSA) is 64.6 Å². The lowest BCUT2D eigenvalue weighted by Gasteiger charge is -2.27. The van der Waals surface area contributed by atoms with E-state index in [1.165, 1.54) is 0 Å². The molecule has 5 heteroatoms. The molecule has 0 bridgehead atoms. The summed E-state index contributed by atoms with van der Waals surface area (Å²) in [5, 5.41) is 2.74. The monoisotopic (exact) mass is 271 g/mol. The number of ether oxygens (including phenoxy) is 2. The highest BCUT2D eigenvalue weighted by Gasteiger charge is 2.32. The van der Waals surface area contributed by atoms with Crippen molar-refractivity contribution in [1.82, 2.24) is 5.32 Å². The van der Waals surface area contributed by atoms with Gasteiger partial charge in [0.2, 0.25) is 5.91 Å². The van der Waals surface area contributed by atoms with E-state index in [1.54, 1.807) is 0 Å². The standard InChI is InChI=1S/C14H25NO4/c1-9(2)11(13(17)19-14(3,4)5)15-12(16)10-7-6-8-18-10/h9-11H,6-8H2,1-5H3,(H,15,16)/t10-,11-/m1/s1. The molecule has 0 saturated carbocycles. The summed E-state index contributed by atoms with van der Waals surface area (Å²) in [6.07, 6.45) is 1.17. The van der Waals surface area contributed by atoms with Crippen molar-refractivity contribution in [2.24, 2.45) is 5.92 Å². The first-order valence-corrected chi connectivity index (χ1v) is 6.85. The second kappa shape index (κ2) is 6.37. The molecule has 0 spiro atoms. The maximum absolute atomic E-state index is 12.1. The van der Waals surface area contributed by atoms with Crippen molar-refractivity contribution in [2.75, 3.05) is 6.61 Å². The van der Waals surface area contributed by atoms with E-state index in [4.69, 9.17) is 9.47 Å². The smallest absolute Gasteiger partial charge is 0.329 e. The van der Waals surface area contributed by atoms with Crippen molar-refractivity contribution in [1.29, 1.82) is 0 Å². The lowest BCUT2D eigenvalue weighted by atomic mass is 10.0. The summed E-state index contributed by atoms with van der Waals surface area (Å²) in [7, 11) is 0. The van der Waals surface area contributed by atoms with Crippen molar-refractivity contribution in [2.45, 2.75) is 65.2 Å². The molecule has 1 amide bonds. The Balaban J connectivity index is 2.62. The van der Waals surface area contributed by atoms with E-state index in [9.17, 15) is 9.59 Å². The van der Waals surface area contributed by atoms with Crippen LogP contribution >= 0.6 is 0 Å². The minimum absolute atomic E-state index is 0.0276. The van der Waals surface area contributed by atoms with Crippen LogP contribution in [-0.2, 0) is 19.1 Å². The molecule has 1 heterocycles. The predicted octanol–water partition coefficient (Wildman–Crippen LogP) is 1.65. The van der Waals surface area contributed by atoms with Crippen LogP contribution in [-0.4, -0.2) is 36.2 Å². The first-order valence-electron chi connectivity index (χ1n) is 6.85. The van der Waals surface area contributed by atoms with Gasteiger partial charge in [-0.1, -0.05) is 13.8 Å². The highest BCUT2D eigenvalue weighted by atomic mass is 16.6. The van der Waals surface area contributed by atoms with Gasteiger partial charge in [-0.15, -0.1) is 0 Å². The van der Waals surface area contributed by atoms with Gasteiger partial charge in [-0.05, 0) is 39.5 Å². The van der Waals surface area contributed by atoms with Gasteiger partial charge in [-0.25, -0.2) is 4.79 Å². The number of esters is 1. The summed E-state index contributed by atoms with van der Waals surface area (Å²) < 4.78 is 10.6. The first kappa shape index (κ1) is 16.0. The van der Waals surface area contributed by atoms with Crippen molar-refractivity contribution in [3.8, 4) is 0 Å². The van der Waals surface area contributed by atoms with Gasteiger partial charge in [-0.3, -0.25) is 4.79 Å². The maximum Gasteiger partial charge on any atom is 0.329 e. The van der Waals surface area contributed by atoms with Crippen molar-refractivity contribution in [3.63, 3.8) is 0 Å². The van der Waals surface area contributed by atoms with Gasteiger partial charge in [0.15, 0.2) is 0 Å². The molecule has 0 aromatic carbocycles. The summed E-state index contributed by atoms with van der Waals surface area (Å²) in [5.74, 6) is -0.642. The quantitative estimate of drug-likeness (QED) is 0.790. The van der Waals surface area contributed by atoms with Crippen LogP contribution in [0.4, 0.5) is 0 Å². The third-order valence-corrected chi connectivity index (χ3v) is 2.85. The molecule has 1 aliphatic heterocycles. The van der Waals surface area contributed by atoms with Gasteiger partial charge in [0.05, 0.1) is 0 Å². The second-order valence-electron chi connectivity index (χ2n) is 6.27. The Kier molecular flexibility index (Phi) is 5.35. The number of nitrogens with one attached hydrogen (secondary N) is 1. The molecule has 2 atom stereocenters. The average molecular weight is 271 g/mol. The predicted molar refractivity (Wildman–Crippen MR) is 71.6 cm³/mol. The fourth-order valence-electron chi connectivity index (χ4n) is 1.89. The van der Waals surface area contributed by atoms with Crippen LogP contribution in [0.5, 0.6) is 0 Å². The normalized spacial score (nSPS) is 21.3. The largest absolute Gasteiger partial charge is 0.458 e. The van der Waals surface area contributed by atoms with E-state index in [-0.39, 0.29) is 11.8 Å². The number of hydrogen-bond acceptors (Lipinski definition) is 4. The summed E-state index contributed by atoms with van der Waals surface area (Å²) in [6, 6.07) is -0.629. The van der Waals surface area contributed by atoms with E-state index < -0.39 is 23.7 Å². The van der Waals surface area contributed by atoms with Gasteiger partial charge in [-0.2, -0.15) is 0 Å². The Labute approximate surface area is 115 Å². The minimum atomic E-state index is -0.629. The van der Waals surface area contributed by atoms with Crippen LogP contribution in [0, 0.1) is 5.92 Å². The van der Waals surface area contributed by atoms with Gasteiger partial charge < -0.3 is 14.8 Å².